The summed E-state index contributed by atoms with van der Waals surface area (Å²) in [6.45, 7) is 9.33. The summed E-state index contributed by atoms with van der Waals surface area (Å²) in [6.07, 6.45) is 2.52. The van der Waals surface area contributed by atoms with Gasteiger partial charge < -0.3 is 5.32 Å². The Morgan fingerprint density at radius 3 is 2.68 bits per heavy atom. The number of nitrogens with zero attached hydrogens (tertiary/aromatic N) is 4. The van der Waals surface area contributed by atoms with Crippen LogP contribution in [-0.2, 0) is 0 Å². The molecule has 2 aromatic heterocycles. The molecule has 0 spiro atoms. The molecule has 0 radical (unpaired) electrons. The third-order valence-corrected chi connectivity index (χ3v) is 2.88. The molecule has 6 heteroatoms. The lowest BCUT2D eigenvalue weighted by atomic mass is 10.0. The Morgan fingerprint density at radius 1 is 1.32 bits per heavy atom. The van der Waals surface area contributed by atoms with Crippen LogP contribution in [0.15, 0.2) is 6.33 Å². The Bertz CT molecular complexity index is 532. The van der Waals surface area contributed by atoms with Crippen molar-refractivity contribution in [2.75, 3.05) is 11.9 Å². The summed E-state index contributed by atoms with van der Waals surface area (Å²) in [5.74, 6) is 2.45. The quantitative estimate of drug-likeness (QED) is 0.863. The molecule has 0 amide bonds. The van der Waals surface area contributed by atoms with Gasteiger partial charge in [-0.3, -0.25) is 5.10 Å². The van der Waals surface area contributed by atoms with E-state index in [1.807, 2.05) is 6.92 Å². The third kappa shape index (κ3) is 2.89. The number of hydrogen-bond acceptors (Lipinski definition) is 5. The molecule has 0 fully saturated rings. The van der Waals surface area contributed by atoms with Crippen LogP contribution in [0.25, 0.3) is 11.6 Å². The smallest absolute Gasteiger partial charge is 0.199 e. The molecular weight excluding hydrogens is 240 g/mol. The molecule has 2 rings (SSSR count). The summed E-state index contributed by atoms with van der Waals surface area (Å²) in [7, 11) is 0. The minimum atomic E-state index is 0.378. The van der Waals surface area contributed by atoms with E-state index in [2.05, 4.69) is 51.2 Å². The molecule has 0 saturated carbocycles. The number of aromatic amines is 1. The van der Waals surface area contributed by atoms with Gasteiger partial charge in [-0.2, -0.15) is 5.10 Å². The second-order valence-corrected chi connectivity index (χ2v) is 4.81. The van der Waals surface area contributed by atoms with Crippen molar-refractivity contribution < 1.29 is 0 Å². The molecular formula is C13H20N6. The van der Waals surface area contributed by atoms with Gasteiger partial charge in [0.25, 0.3) is 0 Å². The molecule has 0 saturated heterocycles. The highest BCUT2D eigenvalue weighted by Gasteiger charge is 2.16. The molecule has 2 heterocycles. The Balaban J connectivity index is 2.47. The minimum absolute atomic E-state index is 0.378. The van der Waals surface area contributed by atoms with Crippen LogP contribution in [0.5, 0.6) is 0 Å². The van der Waals surface area contributed by atoms with Gasteiger partial charge in [-0.05, 0) is 19.3 Å². The van der Waals surface area contributed by atoms with Crippen molar-refractivity contribution in [2.24, 2.45) is 0 Å². The lowest BCUT2D eigenvalue weighted by Gasteiger charge is -2.16. The summed E-state index contributed by atoms with van der Waals surface area (Å²) >= 11 is 0. The first kappa shape index (κ1) is 13.5. The predicted molar refractivity (Wildman–Crippen MR) is 75.0 cm³/mol. The largest absolute Gasteiger partial charge is 0.370 e. The number of nitrogens with one attached hydrogen (secondary N) is 2. The highest BCUT2D eigenvalue weighted by atomic mass is 15.2. The number of rotatable bonds is 5. The second kappa shape index (κ2) is 5.77. The van der Waals surface area contributed by atoms with Gasteiger partial charge in [0.05, 0.1) is 0 Å². The molecule has 0 atom stereocenters. The maximum Gasteiger partial charge on any atom is 0.199 e. The van der Waals surface area contributed by atoms with Gasteiger partial charge in [-0.15, -0.1) is 0 Å². The maximum atomic E-state index is 4.58. The first-order chi connectivity index (χ1) is 9.13. The van der Waals surface area contributed by atoms with Gasteiger partial charge in [-0.25, -0.2) is 15.0 Å². The van der Waals surface area contributed by atoms with E-state index in [0.29, 0.717) is 17.6 Å². The second-order valence-electron chi connectivity index (χ2n) is 4.81. The number of aryl methyl sites for hydroxylation is 1. The molecule has 6 nitrogen and oxygen atoms in total. The summed E-state index contributed by atoms with van der Waals surface area (Å²) in [5.41, 5.74) is 2.15. The Kier molecular flexibility index (Phi) is 4.09. The van der Waals surface area contributed by atoms with Crippen molar-refractivity contribution in [1.29, 1.82) is 0 Å². The molecule has 0 bridgehead atoms. The van der Waals surface area contributed by atoms with Crippen molar-refractivity contribution in [3.63, 3.8) is 0 Å². The van der Waals surface area contributed by atoms with Crippen molar-refractivity contribution in [3.8, 4) is 11.6 Å². The van der Waals surface area contributed by atoms with Gasteiger partial charge >= 0.3 is 0 Å². The summed E-state index contributed by atoms with van der Waals surface area (Å²) in [4.78, 5) is 13.2. The monoisotopic (exact) mass is 260 g/mol. The number of anilines is 1. The SMILES string of the molecule is CCCNc1nc(-c2ncn[nH]2)nc(C)c1C(C)C. The van der Waals surface area contributed by atoms with E-state index in [0.717, 1.165) is 30.0 Å². The molecule has 0 aliphatic rings. The normalized spacial score (nSPS) is 11.0. The molecule has 102 valence electrons. The molecule has 0 aliphatic heterocycles. The lowest BCUT2D eigenvalue weighted by Crippen LogP contribution is -2.11. The van der Waals surface area contributed by atoms with Crippen LogP contribution in [0, 0.1) is 6.92 Å². The topological polar surface area (TPSA) is 79.4 Å². The molecule has 2 N–H and O–H groups in total. The molecule has 19 heavy (non-hydrogen) atoms. The standard InChI is InChI=1S/C13H20N6/c1-5-6-14-11-10(8(2)3)9(4)17-13(18-11)12-15-7-16-19-12/h7-8H,5-6H2,1-4H3,(H,14,17,18)(H,15,16,19). The van der Waals surface area contributed by atoms with E-state index in [-0.39, 0.29) is 0 Å². The molecule has 0 aromatic carbocycles. The number of aromatic nitrogens is 5. The van der Waals surface area contributed by atoms with Crippen LogP contribution in [-0.4, -0.2) is 31.7 Å². The van der Waals surface area contributed by atoms with E-state index in [9.17, 15) is 0 Å². The maximum absolute atomic E-state index is 4.58. The van der Waals surface area contributed by atoms with Crippen LogP contribution in [0.4, 0.5) is 5.82 Å². The first-order valence-corrected chi connectivity index (χ1v) is 6.61. The number of hydrogen-bond donors (Lipinski definition) is 2. The number of H-pyrrole nitrogens is 1. The zero-order chi connectivity index (χ0) is 13.8. The molecule has 2 aromatic rings. The molecule has 0 unspecified atom stereocenters. The van der Waals surface area contributed by atoms with Crippen molar-refractivity contribution in [3.05, 3.63) is 17.6 Å². The van der Waals surface area contributed by atoms with Gasteiger partial charge in [0, 0.05) is 17.8 Å². The lowest BCUT2D eigenvalue weighted by molar-refractivity contribution is 0.825. The fraction of sp³-hybridized carbons (Fsp3) is 0.538. The van der Waals surface area contributed by atoms with Crippen molar-refractivity contribution in [1.82, 2.24) is 25.1 Å². The van der Waals surface area contributed by atoms with E-state index in [4.69, 9.17) is 0 Å². The van der Waals surface area contributed by atoms with Gasteiger partial charge in [0.15, 0.2) is 11.6 Å². The third-order valence-electron chi connectivity index (χ3n) is 2.88. The van der Waals surface area contributed by atoms with E-state index < -0.39 is 0 Å². The Labute approximate surface area is 113 Å². The Hall–Kier alpha value is -1.98. The average molecular weight is 260 g/mol. The summed E-state index contributed by atoms with van der Waals surface area (Å²) in [6, 6.07) is 0. The zero-order valence-electron chi connectivity index (χ0n) is 11.9. The fourth-order valence-electron chi connectivity index (χ4n) is 2.07. The summed E-state index contributed by atoms with van der Waals surface area (Å²) in [5, 5.41) is 10.0. The van der Waals surface area contributed by atoms with E-state index >= 15 is 0 Å². The van der Waals surface area contributed by atoms with Crippen molar-refractivity contribution in [2.45, 2.75) is 40.0 Å². The average Bonchev–Trinajstić information content (AvgIpc) is 2.88. The molecule has 0 aliphatic carbocycles. The van der Waals surface area contributed by atoms with Crippen LogP contribution in [0.1, 0.15) is 44.4 Å². The van der Waals surface area contributed by atoms with Crippen LogP contribution < -0.4 is 5.32 Å². The van der Waals surface area contributed by atoms with E-state index in [1.54, 1.807) is 0 Å². The van der Waals surface area contributed by atoms with Gasteiger partial charge in [0.2, 0.25) is 0 Å². The van der Waals surface area contributed by atoms with Crippen LogP contribution >= 0.6 is 0 Å². The summed E-state index contributed by atoms with van der Waals surface area (Å²) < 4.78 is 0. The van der Waals surface area contributed by atoms with Crippen LogP contribution in [0.3, 0.4) is 0 Å². The minimum Gasteiger partial charge on any atom is -0.370 e. The predicted octanol–water partition coefficient (Wildman–Crippen LogP) is 2.52. The first-order valence-electron chi connectivity index (χ1n) is 6.61. The van der Waals surface area contributed by atoms with Crippen molar-refractivity contribution >= 4 is 5.82 Å². The zero-order valence-corrected chi connectivity index (χ0v) is 11.9. The van der Waals surface area contributed by atoms with E-state index in [1.165, 1.54) is 6.33 Å². The highest BCUT2D eigenvalue weighted by molar-refractivity contribution is 5.55. The fourth-order valence-corrected chi connectivity index (χ4v) is 2.07. The van der Waals surface area contributed by atoms with Crippen LogP contribution in [0.2, 0.25) is 0 Å². The highest BCUT2D eigenvalue weighted by Crippen LogP contribution is 2.27. The van der Waals surface area contributed by atoms with Gasteiger partial charge in [0.1, 0.15) is 12.1 Å². The Morgan fingerprint density at radius 2 is 2.11 bits per heavy atom. The van der Waals surface area contributed by atoms with Gasteiger partial charge in [-0.1, -0.05) is 20.8 Å².